The Morgan fingerprint density at radius 1 is 1.40 bits per heavy atom. The standard InChI is InChI=1S/C4H10O.C3H6O2/c1-3-5-4-2;1-2-3(4)5/h3-4H2,1-2H3;2-5H,1H2. The molecular weight excluding hydrogens is 132 g/mol. The summed E-state index contributed by atoms with van der Waals surface area (Å²) in [7, 11) is 0. The summed E-state index contributed by atoms with van der Waals surface area (Å²) in [6, 6.07) is 0. The minimum atomic E-state index is -1.35. The molecule has 0 radical (unpaired) electrons. The highest BCUT2D eigenvalue weighted by atomic mass is 16.5. The van der Waals surface area contributed by atoms with E-state index in [-0.39, 0.29) is 0 Å². The second-order valence-corrected chi connectivity index (χ2v) is 1.43. The zero-order valence-corrected chi connectivity index (χ0v) is 6.58. The summed E-state index contributed by atoms with van der Waals surface area (Å²) in [6.07, 6.45) is -0.324. The van der Waals surface area contributed by atoms with E-state index in [1.807, 2.05) is 13.8 Å². The highest BCUT2D eigenvalue weighted by Crippen LogP contribution is 1.67. The normalized spacial score (nSPS) is 8.50. The summed E-state index contributed by atoms with van der Waals surface area (Å²) in [4.78, 5) is 0. The lowest BCUT2D eigenvalue weighted by Crippen LogP contribution is -1.95. The minimum absolute atomic E-state index is 0.844. The van der Waals surface area contributed by atoms with Gasteiger partial charge in [0.05, 0.1) is 0 Å². The molecule has 0 aliphatic carbocycles. The fraction of sp³-hybridized carbons (Fsp3) is 0.714. The number of hydrogen-bond donors (Lipinski definition) is 2. The van der Waals surface area contributed by atoms with Crippen molar-refractivity contribution < 1.29 is 14.9 Å². The van der Waals surface area contributed by atoms with Crippen LogP contribution in [0.15, 0.2) is 12.7 Å². The first-order valence-corrected chi connectivity index (χ1v) is 3.25. The van der Waals surface area contributed by atoms with Crippen LogP contribution in [0.4, 0.5) is 0 Å². The number of ether oxygens (including phenoxy) is 1. The number of hydrogen-bond acceptors (Lipinski definition) is 3. The maximum atomic E-state index is 7.80. The van der Waals surface area contributed by atoms with E-state index in [1.165, 1.54) is 0 Å². The Morgan fingerprint density at radius 3 is 1.70 bits per heavy atom. The van der Waals surface area contributed by atoms with Crippen molar-refractivity contribution in [1.82, 2.24) is 0 Å². The zero-order valence-electron chi connectivity index (χ0n) is 6.58. The Hall–Kier alpha value is -0.380. The van der Waals surface area contributed by atoms with Crippen molar-refractivity contribution >= 4 is 0 Å². The lowest BCUT2D eigenvalue weighted by atomic mass is 10.6. The van der Waals surface area contributed by atoms with Gasteiger partial charge in [0.15, 0.2) is 6.29 Å². The van der Waals surface area contributed by atoms with Crippen LogP contribution in [0.3, 0.4) is 0 Å². The average molecular weight is 148 g/mol. The van der Waals surface area contributed by atoms with Crippen molar-refractivity contribution in [3.63, 3.8) is 0 Å². The lowest BCUT2D eigenvalue weighted by Gasteiger charge is -1.86. The Bertz CT molecular complexity index is 59.9. The van der Waals surface area contributed by atoms with Gasteiger partial charge >= 0.3 is 0 Å². The van der Waals surface area contributed by atoms with Gasteiger partial charge in [-0.15, -0.1) is 0 Å². The number of rotatable bonds is 3. The fourth-order valence-electron chi connectivity index (χ4n) is 0.204. The maximum absolute atomic E-state index is 7.80. The van der Waals surface area contributed by atoms with Crippen LogP contribution < -0.4 is 0 Å². The van der Waals surface area contributed by atoms with Crippen LogP contribution in [0.25, 0.3) is 0 Å². The summed E-state index contributed by atoms with van der Waals surface area (Å²) < 4.78 is 4.83. The summed E-state index contributed by atoms with van der Waals surface area (Å²) >= 11 is 0. The second-order valence-electron chi connectivity index (χ2n) is 1.43. The van der Waals surface area contributed by atoms with E-state index >= 15 is 0 Å². The molecule has 0 heterocycles. The fourth-order valence-corrected chi connectivity index (χ4v) is 0.204. The SMILES string of the molecule is C=CC(O)O.CCOCC. The van der Waals surface area contributed by atoms with Gasteiger partial charge < -0.3 is 14.9 Å². The molecule has 2 N–H and O–H groups in total. The minimum Gasteiger partial charge on any atom is -0.382 e. The third-order valence-electron chi connectivity index (χ3n) is 0.619. The molecule has 3 nitrogen and oxygen atoms in total. The second kappa shape index (κ2) is 11.4. The van der Waals surface area contributed by atoms with E-state index in [2.05, 4.69) is 6.58 Å². The molecule has 0 bridgehead atoms. The van der Waals surface area contributed by atoms with E-state index in [0.717, 1.165) is 19.3 Å². The Morgan fingerprint density at radius 2 is 1.70 bits per heavy atom. The molecule has 0 aromatic heterocycles. The molecule has 0 aliphatic heterocycles. The van der Waals surface area contributed by atoms with Gasteiger partial charge in [0.1, 0.15) is 0 Å². The summed E-state index contributed by atoms with van der Waals surface area (Å²) in [5, 5.41) is 15.6. The largest absolute Gasteiger partial charge is 0.382 e. The highest BCUT2D eigenvalue weighted by Gasteiger charge is 1.76. The van der Waals surface area contributed by atoms with Gasteiger partial charge in [0, 0.05) is 13.2 Å². The van der Waals surface area contributed by atoms with Crippen molar-refractivity contribution in [1.29, 1.82) is 0 Å². The zero-order chi connectivity index (χ0) is 8.41. The molecule has 0 unspecified atom stereocenters. The first kappa shape index (κ1) is 12.3. The molecule has 0 aromatic carbocycles. The molecule has 0 saturated carbocycles. The first-order chi connectivity index (χ1) is 4.68. The van der Waals surface area contributed by atoms with E-state index < -0.39 is 6.29 Å². The molecule has 0 rings (SSSR count). The van der Waals surface area contributed by atoms with Crippen LogP contribution in [0.2, 0.25) is 0 Å². The molecule has 0 spiro atoms. The van der Waals surface area contributed by atoms with Crippen molar-refractivity contribution in [2.24, 2.45) is 0 Å². The third kappa shape index (κ3) is 25.5. The lowest BCUT2D eigenvalue weighted by molar-refractivity contribution is 0.00266. The molecule has 0 amide bonds. The van der Waals surface area contributed by atoms with E-state index in [0.29, 0.717) is 0 Å². The first-order valence-electron chi connectivity index (χ1n) is 3.25. The van der Waals surface area contributed by atoms with Crippen molar-refractivity contribution in [2.75, 3.05) is 13.2 Å². The number of aliphatic hydroxyl groups excluding tert-OH is 1. The van der Waals surface area contributed by atoms with E-state index in [9.17, 15) is 0 Å². The van der Waals surface area contributed by atoms with Crippen LogP contribution in [0, 0.1) is 0 Å². The Kier molecular flexibility index (Phi) is 14.1. The van der Waals surface area contributed by atoms with Gasteiger partial charge in [-0.05, 0) is 19.9 Å². The van der Waals surface area contributed by atoms with Crippen LogP contribution in [0.1, 0.15) is 13.8 Å². The smallest absolute Gasteiger partial charge is 0.170 e. The summed E-state index contributed by atoms with van der Waals surface area (Å²) in [6.45, 7) is 8.73. The van der Waals surface area contributed by atoms with Gasteiger partial charge in [-0.25, -0.2) is 0 Å². The predicted octanol–water partition coefficient (Wildman–Crippen LogP) is 0.526. The van der Waals surface area contributed by atoms with E-state index in [4.69, 9.17) is 14.9 Å². The van der Waals surface area contributed by atoms with Crippen molar-refractivity contribution in [2.45, 2.75) is 20.1 Å². The molecular formula is C7H16O3. The molecule has 10 heavy (non-hydrogen) atoms. The monoisotopic (exact) mass is 148 g/mol. The Balaban J connectivity index is 0. The van der Waals surface area contributed by atoms with Gasteiger partial charge in [0.25, 0.3) is 0 Å². The van der Waals surface area contributed by atoms with Gasteiger partial charge in [-0.1, -0.05) is 6.58 Å². The van der Waals surface area contributed by atoms with E-state index in [1.54, 1.807) is 0 Å². The topological polar surface area (TPSA) is 49.7 Å². The van der Waals surface area contributed by atoms with Crippen LogP contribution in [-0.2, 0) is 4.74 Å². The van der Waals surface area contributed by atoms with Crippen LogP contribution in [0.5, 0.6) is 0 Å². The Labute approximate surface area is 61.9 Å². The molecule has 0 aliphatic rings. The predicted molar refractivity (Wildman–Crippen MR) is 40.6 cm³/mol. The number of aliphatic hydroxyl groups is 2. The highest BCUT2D eigenvalue weighted by molar-refractivity contribution is 4.66. The molecule has 0 aromatic rings. The van der Waals surface area contributed by atoms with Gasteiger partial charge in [-0.3, -0.25) is 0 Å². The third-order valence-corrected chi connectivity index (χ3v) is 0.619. The average Bonchev–Trinajstić information content (AvgIpc) is 1.91. The van der Waals surface area contributed by atoms with Crippen molar-refractivity contribution in [3.05, 3.63) is 12.7 Å². The van der Waals surface area contributed by atoms with Crippen LogP contribution in [-0.4, -0.2) is 29.7 Å². The molecule has 62 valence electrons. The van der Waals surface area contributed by atoms with Gasteiger partial charge in [0.2, 0.25) is 0 Å². The molecule has 3 heteroatoms. The summed E-state index contributed by atoms with van der Waals surface area (Å²) in [5.41, 5.74) is 0. The maximum Gasteiger partial charge on any atom is 0.170 e. The molecule has 0 saturated heterocycles. The van der Waals surface area contributed by atoms with Crippen molar-refractivity contribution in [3.8, 4) is 0 Å². The summed E-state index contributed by atoms with van der Waals surface area (Å²) in [5.74, 6) is 0. The molecule has 0 fully saturated rings. The van der Waals surface area contributed by atoms with Crippen LogP contribution >= 0.6 is 0 Å². The van der Waals surface area contributed by atoms with Gasteiger partial charge in [-0.2, -0.15) is 0 Å². The quantitative estimate of drug-likeness (QED) is 0.453. The molecule has 0 atom stereocenters.